The summed E-state index contributed by atoms with van der Waals surface area (Å²) in [5, 5.41) is 9.69. The zero-order chi connectivity index (χ0) is 16.2. The van der Waals surface area contributed by atoms with Crippen molar-refractivity contribution < 1.29 is 27.9 Å². The molecule has 0 aliphatic carbocycles. The summed E-state index contributed by atoms with van der Waals surface area (Å²) in [4.78, 5) is 35.4. The molecule has 2 atom stereocenters. The second-order valence-corrected chi connectivity index (χ2v) is 7.46. The average molecular weight is 320 g/mol. The van der Waals surface area contributed by atoms with Gasteiger partial charge < -0.3 is 15.3 Å². The number of likely N-dealkylation sites (tertiary alicyclic amines) is 1. The molecule has 120 valence electrons. The third-order valence-corrected chi connectivity index (χ3v) is 5.46. The first-order chi connectivity index (χ1) is 9.65. The highest BCUT2D eigenvalue weighted by atomic mass is 32.2. The summed E-state index contributed by atoms with van der Waals surface area (Å²) >= 11 is 0. The fourth-order valence-corrected chi connectivity index (χ4v) is 3.58. The summed E-state index contributed by atoms with van der Waals surface area (Å²) in [5.74, 6) is -3.41. The topological polar surface area (TPSA) is 121 Å². The molecule has 1 heterocycles. The molecule has 1 aliphatic heterocycles. The van der Waals surface area contributed by atoms with Crippen molar-refractivity contribution in [3.8, 4) is 0 Å². The van der Waals surface area contributed by atoms with Gasteiger partial charge >= 0.3 is 5.97 Å². The highest BCUT2D eigenvalue weighted by Gasteiger charge is 2.36. The van der Waals surface area contributed by atoms with Crippen molar-refractivity contribution in [1.82, 2.24) is 10.2 Å². The molecular weight excluding hydrogens is 300 g/mol. The highest BCUT2D eigenvalue weighted by Crippen LogP contribution is 2.14. The number of rotatable bonds is 6. The minimum absolute atomic E-state index is 0.514. The molecule has 9 heteroatoms. The molecule has 2 amide bonds. The van der Waals surface area contributed by atoms with Crippen LogP contribution in [0.5, 0.6) is 0 Å². The van der Waals surface area contributed by atoms with Gasteiger partial charge in [0.2, 0.25) is 11.8 Å². The highest BCUT2D eigenvalue weighted by molar-refractivity contribution is 7.92. The third-order valence-electron chi connectivity index (χ3n) is 3.38. The number of nitrogens with zero attached hydrogens (tertiary/aromatic N) is 1. The van der Waals surface area contributed by atoms with Crippen LogP contribution in [0.3, 0.4) is 0 Å². The van der Waals surface area contributed by atoms with Crippen molar-refractivity contribution in [1.29, 1.82) is 0 Å². The van der Waals surface area contributed by atoms with Gasteiger partial charge in [0.1, 0.15) is 11.3 Å². The Morgan fingerprint density at radius 1 is 1.24 bits per heavy atom. The number of aliphatic carboxylic acids is 1. The van der Waals surface area contributed by atoms with E-state index in [-0.39, 0.29) is 0 Å². The molecule has 2 N–H and O–H groups in total. The molecule has 8 nitrogen and oxygen atoms in total. The number of carboxylic acid groups (broad SMARTS) is 1. The van der Waals surface area contributed by atoms with E-state index in [1.54, 1.807) is 0 Å². The molecule has 0 bridgehead atoms. The Hall–Kier alpha value is -1.64. The number of carboxylic acids is 1. The Morgan fingerprint density at radius 2 is 1.76 bits per heavy atom. The minimum atomic E-state index is -3.97. The third kappa shape index (κ3) is 4.69. The van der Waals surface area contributed by atoms with Crippen LogP contribution in [0, 0.1) is 0 Å². The van der Waals surface area contributed by atoms with Crippen LogP contribution in [0.2, 0.25) is 0 Å². The van der Waals surface area contributed by atoms with Gasteiger partial charge in [-0.05, 0) is 19.8 Å². The number of sulfone groups is 1. The largest absolute Gasteiger partial charge is 0.480 e. The van der Waals surface area contributed by atoms with Crippen molar-refractivity contribution in [2.24, 2.45) is 0 Å². The number of carbonyl (C=O) groups excluding carboxylic acids is 2. The summed E-state index contributed by atoms with van der Waals surface area (Å²) in [6.45, 7) is 3.39. The van der Waals surface area contributed by atoms with E-state index in [0.29, 0.717) is 13.1 Å². The molecule has 0 spiro atoms. The molecule has 0 radical (unpaired) electrons. The van der Waals surface area contributed by atoms with Gasteiger partial charge in [0, 0.05) is 20.0 Å². The van der Waals surface area contributed by atoms with E-state index in [2.05, 4.69) is 5.32 Å². The number of nitrogens with one attached hydrogen (secondary N) is 1. The first-order valence-corrected chi connectivity index (χ1v) is 8.37. The van der Waals surface area contributed by atoms with Gasteiger partial charge in [0.05, 0.1) is 5.75 Å². The van der Waals surface area contributed by atoms with E-state index in [1.807, 2.05) is 0 Å². The Labute approximate surface area is 123 Å². The Kier molecular flexibility index (Phi) is 5.70. The van der Waals surface area contributed by atoms with Crippen LogP contribution in [0.15, 0.2) is 0 Å². The van der Waals surface area contributed by atoms with E-state index in [4.69, 9.17) is 5.11 Å². The van der Waals surface area contributed by atoms with E-state index >= 15 is 0 Å². The average Bonchev–Trinajstić information content (AvgIpc) is 2.89. The summed E-state index contributed by atoms with van der Waals surface area (Å²) in [6.07, 6.45) is 1.67. The lowest BCUT2D eigenvalue weighted by atomic mass is 10.3. The quantitative estimate of drug-likeness (QED) is 0.647. The maximum atomic E-state index is 12.2. The minimum Gasteiger partial charge on any atom is -0.480 e. The predicted octanol–water partition coefficient (Wildman–Crippen LogP) is -0.999. The molecule has 0 saturated carbocycles. The Morgan fingerprint density at radius 3 is 2.19 bits per heavy atom. The molecule has 0 aromatic carbocycles. The molecule has 0 aromatic rings. The standard InChI is InChI=1S/C12H20N2O6S/c1-8(11(16)14-5-3-4-6-14)21(19,20)7-10(12(17)18)13-9(2)15/h8,10H,3-7H2,1-2H3,(H,13,15)(H,17,18). The number of hydrogen-bond acceptors (Lipinski definition) is 5. The van der Waals surface area contributed by atoms with Gasteiger partial charge in [-0.2, -0.15) is 0 Å². The molecule has 2 unspecified atom stereocenters. The van der Waals surface area contributed by atoms with Gasteiger partial charge in [-0.3, -0.25) is 9.59 Å². The first kappa shape index (κ1) is 17.4. The van der Waals surface area contributed by atoms with E-state index in [0.717, 1.165) is 19.8 Å². The fourth-order valence-electron chi connectivity index (χ4n) is 2.14. The van der Waals surface area contributed by atoms with Crippen molar-refractivity contribution in [3.05, 3.63) is 0 Å². The van der Waals surface area contributed by atoms with Crippen molar-refractivity contribution in [3.63, 3.8) is 0 Å². The lowest BCUT2D eigenvalue weighted by Gasteiger charge is -2.22. The van der Waals surface area contributed by atoms with Gasteiger partial charge in [-0.1, -0.05) is 0 Å². The first-order valence-electron chi connectivity index (χ1n) is 6.65. The van der Waals surface area contributed by atoms with Crippen LogP contribution in [-0.4, -0.2) is 66.3 Å². The Balaban J connectivity index is 2.80. The lowest BCUT2D eigenvalue weighted by molar-refractivity contribution is -0.140. The van der Waals surface area contributed by atoms with Crippen LogP contribution < -0.4 is 5.32 Å². The summed E-state index contributed by atoms with van der Waals surface area (Å²) < 4.78 is 24.3. The number of amides is 2. The second kappa shape index (κ2) is 6.88. The zero-order valence-electron chi connectivity index (χ0n) is 12.0. The number of hydrogen-bond donors (Lipinski definition) is 2. The van der Waals surface area contributed by atoms with Crippen molar-refractivity contribution >= 4 is 27.6 Å². The zero-order valence-corrected chi connectivity index (χ0v) is 12.9. The van der Waals surface area contributed by atoms with E-state index in [9.17, 15) is 22.8 Å². The molecule has 1 saturated heterocycles. The molecular formula is C12H20N2O6S. The Bertz CT molecular complexity index is 524. The van der Waals surface area contributed by atoms with Crippen molar-refractivity contribution in [2.45, 2.75) is 38.0 Å². The van der Waals surface area contributed by atoms with Gasteiger partial charge in [-0.25, -0.2) is 13.2 Å². The molecule has 1 aliphatic rings. The van der Waals surface area contributed by atoms with Crippen molar-refractivity contribution in [2.75, 3.05) is 18.8 Å². The van der Waals surface area contributed by atoms with Gasteiger partial charge in [0.25, 0.3) is 0 Å². The smallest absolute Gasteiger partial charge is 0.327 e. The lowest BCUT2D eigenvalue weighted by Crippen LogP contribution is -2.48. The number of carbonyl (C=O) groups is 3. The van der Waals surface area contributed by atoms with Crippen LogP contribution in [-0.2, 0) is 24.2 Å². The maximum absolute atomic E-state index is 12.2. The monoisotopic (exact) mass is 320 g/mol. The maximum Gasteiger partial charge on any atom is 0.327 e. The summed E-state index contributed by atoms with van der Waals surface area (Å²) in [6, 6.07) is -1.55. The molecule has 1 rings (SSSR count). The second-order valence-electron chi connectivity index (χ2n) is 5.10. The SMILES string of the molecule is CC(=O)NC(CS(=O)(=O)C(C)C(=O)N1CCCC1)C(=O)O. The summed E-state index contributed by atoms with van der Waals surface area (Å²) in [5.41, 5.74) is 0. The van der Waals surface area contributed by atoms with Gasteiger partial charge in [-0.15, -0.1) is 0 Å². The fraction of sp³-hybridized carbons (Fsp3) is 0.750. The predicted molar refractivity (Wildman–Crippen MR) is 74.3 cm³/mol. The normalized spacial score (nSPS) is 18.1. The van der Waals surface area contributed by atoms with Crippen LogP contribution >= 0.6 is 0 Å². The van der Waals surface area contributed by atoms with Crippen LogP contribution in [0.25, 0.3) is 0 Å². The molecule has 21 heavy (non-hydrogen) atoms. The van der Waals surface area contributed by atoms with Crippen LogP contribution in [0.4, 0.5) is 0 Å². The van der Waals surface area contributed by atoms with Crippen LogP contribution in [0.1, 0.15) is 26.7 Å². The van der Waals surface area contributed by atoms with E-state index < -0.39 is 44.7 Å². The van der Waals surface area contributed by atoms with E-state index in [1.165, 1.54) is 11.8 Å². The molecule has 1 fully saturated rings. The van der Waals surface area contributed by atoms with Gasteiger partial charge in [0.15, 0.2) is 9.84 Å². The molecule has 0 aromatic heterocycles. The summed E-state index contributed by atoms with van der Waals surface area (Å²) in [7, 11) is -3.97.